The number of pyridine rings is 1. The monoisotopic (exact) mass is 573 g/mol. The van der Waals surface area contributed by atoms with E-state index < -0.39 is 18.1 Å². The van der Waals surface area contributed by atoms with Crippen LogP contribution in [0.1, 0.15) is 66.8 Å². The predicted octanol–water partition coefficient (Wildman–Crippen LogP) is 4.68. The molecule has 0 bridgehead atoms. The van der Waals surface area contributed by atoms with Crippen LogP contribution in [0.3, 0.4) is 0 Å². The fourth-order valence-electron chi connectivity index (χ4n) is 6.17. The number of carboxylic acid groups (broad SMARTS) is 1. The molecule has 8 nitrogen and oxygen atoms in total. The fourth-order valence-corrected chi connectivity index (χ4v) is 6.17. The number of likely N-dealkylation sites (tertiary alicyclic amines) is 1. The molecule has 0 spiro atoms. The molecule has 0 aliphatic carbocycles. The van der Waals surface area contributed by atoms with Crippen LogP contribution in [-0.4, -0.2) is 65.2 Å². The number of aliphatic carboxylic acids is 1. The molecule has 1 atom stereocenters. The number of amides is 2. The molecular weight excluding hydrogens is 539 g/mol. The van der Waals surface area contributed by atoms with Gasteiger partial charge in [0.05, 0.1) is 13.0 Å². The summed E-state index contributed by atoms with van der Waals surface area (Å²) >= 11 is 0. The first-order valence-electron chi connectivity index (χ1n) is 14.2. The van der Waals surface area contributed by atoms with Crippen molar-refractivity contribution in [3.05, 3.63) is 52.7 Å². The maximum atomic E-state index is 13.1. The Labute approximate surface area is 236 Å². The standard InChI is InChI=1S/C30H34F3N3O5/c31-30(32,33)29(40)36-12-1-2-21-5-6-24(34-28(21)36)7-8-26(37)35-13-9-19(10-14-35)16-23(18-27(38)39)22-4-3-20-11-15-41-25(20)17-22/h3-6,17,19,23H,1-2,7-16,18H2,(H,38,39). The van der Waals surface area contributed by atoms with Crippen LogP contribution in [0.5, 0.6) is 5.75 Å². The molecule has 1 N–H and O–H groups in total. The number of hydrogen-bond donors (Lipinski definition) is 1. The van der Waals surface area contributed by atoms with Crippen LogP contribution >= 0.6 is 0 Å². The van der Waals surface area contributed by atoms with Gasteiger partial charge < -0.3 is 14.7 Å². The summed E-state index contributed by atoms with van der Waals surface area (Å²) in [7, 11) is 0. The highest BCUT2D eigenvalue weighted by molar-refractivity contribution is 5.97. The first kappa shape index (κ1) is 28.9. The molecule has 3 aliphatic rings. The zero-order chi connectivity index (χ0) is 29.1. The largest absolute Gasteiger partial charge is 0.493 e. The maximum absolute atomic E-state index is 13.1. The third-order valence-corrected chi connectivity index (χ3v) is 8.38. The van der Waals surface area contributed by atoms with Crippen molar-refractivity contribution in [3.63, 3.8) is 0 Å². The van der Waals surface area contributed by atoms with Gasteiger partial charge in [-0.05, 0) is 79.2 Å². The van der Waals surface area contributed by atoms with Crippen LogP contribution in [0.2, 0.25) is 0 Å². The molecule has 1 aromatic heterocycles. The number of carbonyl (C=O) groups excluding carboxylic acids is 2. The van der Waals surface area contributed by atoms with Gasteiger partial charge in [0.25, 0.3) is 0 Å². The predicted molar refractivity (Wildman–Crippen MR) is 144 cm³/mol. The van der Waals surface area contributed by atoms with E-state index in [-0.39, 0.29) is 49.4 Å². The number of carboxylic acids is 1. The molecule has 1 fully saturated rings. The van der Waals surface area contributed by atoms with Crippen molar-refractivity contribution in [2.24, 2.45) is 5.92 Å². The Balaban J connectivity index is 1.15. The first-order valence-corrected chi connectivity index (χ1v) is 14.2. The van der Waals surface area contributed by atoms with Gasteiger partial charge in [-0.2, -0.15) is 13.2 Å². The van der Waals surface area contributed by atoms with Crippen LogP contribution in [0.25, 0.3) is 0 Å². The van der Waals surface area contributed by atoms with Crippen LogP contribution in [0.15, 0.2) is 30.3 Å². The summed E-state index contributed by atoms with van der Waals surface area (Å²) in [4.78, 5) is 43.3. The quantitative estimate of drug-likeness (QED) is 0.493. The van der Waals surface area contributed by atoms with E-state index in [0.717, 1.165) is 42.6 Å². The Bertz CT molecular complexity index is 1310. The molecule has 1 aromatic carbocycles. The van der Waals surface area contributed by atoms with Gasteiger partial charge in [-0.3, -0.25) is 19.3 Å². The number of nitrogens with zero attached hydrogens (tertiary/aromatic N) is 3. The average Bonchev–Trinajstić information content (AvgIpc) is 3.42. The van der Waals surface area contributed by atoms with E-state index in [0.29, 0.717) is 48.7 Å². The number of halogens is 3. The van der Waals surface area contributed by atoms with Gasteiger partial charge in [-0.15, -0.1) is 0 Å². The summed E-state index contributed by atoms with van der Waals surface area (Å²) in [5, 5.41) is 9.52. The summed E-state index contributed by atoms with van der Waals surface area (Å²) in [5.41, 5.74) is 3.19. The normalized spacial score (nSPS) is 17.9. The summed E-state index contributed by atoms with van der Waals surface area (Å²) < 4.78 is 44.9. The van der Waals surface area contributed by atoms with Crippen molar-refractivity contribution in [3.8, 4) is 5.75 Å². The number of anilines is 1. The van der Waals surface area contributed by atoms with E-state index in [4.69, 9.17) is 4.74 Å². The number of hydrogen-bond acceptors (Lipinski definition) is 5. The lowest BCUT2D eigenvalue weighted by molar-refractivity contribution is -0.170. The van der Waals surface area contributed by atoms with Crippen molar-refractivity contribution in [2.75, 3.05) is 31.1 Å². The lowest BCUT2D eigenvalue weighted by atomic mass is 9.82. The third kappa shape index (κ3) is 6.82. The molecule has 41 heavy (non-hydrogen) atoms. The minimum absolute atomic E-state index is 0.0372. The molecule has 3 aliphatic heterocycles. The number of ether oxygens (including phenoxy) is 1. The minimum Gasteiger partial charge on any atom is -0.493 e. The van der Waals surface area contributed by atoms with Gasteiger partial charge in [0.15, 0.2) is 0 Å². The van der Waals surface area contributed by atoms with E-state index in [2.05, 4.69) is 4.98 Å². The van der Waals surface area contributed by atoms with Gasteiger partial charge in [0.1, 0.15) is 11.6 Å². The van der Waals surface area contributed by atoms with Crippen LogP contribution in [0.4, 0.5) is 19.0 Å². The SMILES string of the molecule is O=C(O)CC(CC1CCN(C(=O)CCc2ccc3c(n2)N(C(=O)C(F)(F)F)CCC3)CC1)c1ccc2c(c1)OCC2. The molecule has 1 unspecified atom stereocenters. The number of rotatable bonds is 8. The molecule has 2 aromatic rings. The number of carbonyl (C=O) groups is 3. The molecular formula is C30H34F3N3O5. The molecule has 0 saturated carbocycles. The minimum atomic E-state index is -4.97. The number of aromatic nitrogens is 1. The van der Waals surface area contributed by atoms with Gasteiger partial charge in [-0.25, -0.2) is 4.98 Å². The first-order chi connectivity index (χ1) is 19.6. The lowest BCUT2D eigenvalue weighted by Crippen LogP contribution is -2.44. The molecule has 1 saturated heterocycles. The Hall–Kier alpha value is -3.63. The van der Waals surface area contributed by atoms with Crippen LogP contribution in [0, 0.1) is 5.92 Å². The average molecular weight is 574 g/mol. The second kappa shape index (κ2) is 12.1. The van der Waals surface area contributed by atoms with Gasteiger partial charge >= 0.3 is 18.1 Å². The fraction of sp³-hybridized carbons (Fsp3) is 0.533. The summed E-state index contributed by atoms with van der Waals surface area (Å²) in [5.74, 6) is -1.78. The zero-order valence-electron chi connectivity index (χ0n) is 22.8. The molecule has 2 amide bonds. The number of fused-ring (bicyclic) bond motifs is 2. The van der Waals surface area contributed by atoms with Crippen molar-refractivity contribution in [1.29, 1.82) is 0 Å². The Kier molecular flexibility index (Phi) is 8.51. The maximum Gasteiger partial charge on any atom is 0.471 e. The molecule has 220 valence electrons. The molecule has 11 heteroatoms. The van der Waals surface area contributed by atoms with Crippen molar-refractivity contribution >= 4 is 23.6 Å². The van der Waals surface area contributed by atoms with E-state index >= 15 is 0 Å². The highest BCUT2D eigenvalue weighted by Crippen LogP contribution is 2.36. The molecule has 0 radical (unpaired) electrons. The lowest BCUT2D eigenvalue weighted by Gasteiger charge is -2.34. The third-order valence-electron chi connectivity index (χ3n) is 8.38. The van der Waals surface area contributed by atoms with E-state index in [1.54, 1.807) is 17.0 Å². The number of alkyl halides is 3. The van der Waals surface area contributed by atoms with E-state index in [9.17, 15) is 32.7 Å². The second-order valence-corrected chi connectivity index (χ2v) is 11.2. The topological polar surface area (TPSA) is 100 Å². The number of benzene rings is 1. The smallest absolute Gasteiger partial charge is 0.471 e. The molecule has 4 heterocycles. The molecule has 5 rings (SSSR count). The Morgan fingerprint density at radius 3 is 2.54 bits per heavy atom. The number of piperidine rings is 1. The van der Waals surface area contributed by atoms with Gasteiger partial charge in [0.2, 0.25) is 5.91 Å². The highest BCUT2D eigenvalue weighted by atomic mass is 19.4. The van der Waals surface area contributed by atoms with E-state index in [1.807, 2.05) is 18.2 Å². The van der Waals surface area contributed by atoms with Crippen LogP contribution in [-0.2, 0) is 33.6 Å². The van der Waals surface area contributed by atoms with E-state index in [1.165, 1.54) is 0 Å². The van der Waals surface area contributed by atoms with Crippen molar-refractivity contribution in [1.82, 2.24) is 9.88 Å². The Morgan fingerprint density at radius 2 is 1.80 bits per heavy atom. The van der Waals surface area contributed by atoms with Gasteiger partial charge in [-0.1, -0.05) is 18.2 Å². The number of aryl methyl sites for hydroxylation is 2. The summed E-state index contributed by atoms with van der Waals surface area (Å²) in [6.07, 6.45) is -0.390. The Morgan fingerprint density at radius 1 is 1.05 bits per heavy atom. The highest BCUT2D eigenvalue weighted by Gasteiger charge is 2.44. The summed E-state index contributed by atoms with van der Waals surface area (Å²) in [6, 6.07) is 9.42. The summed E-state index contributed by atoms with van der Waals surface area (Å²) in [6.45, 7) is 1.75. The second-order valence-electron chi connectivity index (χ2n) is 11.2. The van der Waals surface area contributed by atoms with Crippen molar-refractivity contribution in [2.45, 2.75) is 69.9 Å². The zero-order valence-corrected chi connectivity index (χ0v) is 22.8. The van der Waals surface area contributed by atoms with Gasteiger partial charge in [0, 0.05) is 38.2 Å². The van der Waals surface area contributed by atoms with Crippen molar-refractivity contribution < 1.29 is 37.4 Å². The van der Waals surface area contributed by atoms with Crippen LogP contribution < -0.4 is 9.64 Å².